The highest BCUT2D eigenvalue weighted by atomic mass is 16.5. The van der Waals surface area contributed by atoms with E-state index >= 15 is 0 Å². The monoisotopic (exact) mass is 314 g/mol. The van der Waals surface area contributed by atoms with Crippen LogP contribution in [0.15, 0.2) is 29.1 Å². The minimum atomic E-state index is -0.140. The molecule has 2 aromatic rings. The van der Waals surface area contributed by atoms with Gasteiger partial charge in [0.15, 0.2) is 0 Å². The van der Waals surface area contributed by atoms with E-state index in [0.717, 1.165) is 29.3 Å². The number of H-pyrrole nitrogens is 1. The molecular formula is C18H22N2O3. The summed E-state index contributed by atoms with van der Waals surface area (Å²) in [4.78, 5) is 26.9. The number of nitrogens with one attached hydrogen (secondary N) is 2. The van der Waals surface area contributed by atoms with Crippen LogP contribution in [0.2, 0.25) is 0 Å². The zero-order valence-corrected chi connectivity index (χ0v) is 13.5. The molecule has 0 radical (unpaired) electrons. The number of ether oxygens (including phenoxy) is 1. The molecule has 2 atom stereocenters. The standard InChI is InChI=1S/C18H22N2O3/c1-3-14-16(6-7-23-18(14)22)19-10-13-9-12-8-11(2)4-5-15(12)20-17(13)21/h4-5,8-9,14,16,19H,3,6-7,10H2,1-2H3,(H,20,21). The zero-order valence-electron chi connectivity index (χ0n) is 13.5. The summed E-state index contributed by atoms with van der Waals surface area (Å²) >= 11 is 0. The number of hydrogen-bond donors (Lipinski definition) is 2. The third kappa shape index (κ3) is 3.29. The Morgan fingerprint density at radius 1 is 1.30 bits per heavy atom. The molecule has 1 fully saturated rings. The van der Waals surface area contributed by atoms with Crippen LogP contribution in [0.25, 0.3) is 10.9 Å². The summed E-state index contributed by atoms with van der Waals surface area (Å²) in [6.07, 6.45) is 1.53. The first-order valence-corrected chi connectivity index (χ1v) is 8.11. The van der Waals surface area contributed by atoms with Gasteiger partial charge in [0.25, 0.3) is 5.56 Å². The molecule has 0 bridgehead atoms. The molecule has 3 rings (SSSR count). The van der Waals surface area contributed by atoms with Gasteiger partial charge >= 0.3 is 5.97 Å². The molecule has 2 heterocycles. The number of aryl methyl sites for hydroxylation is 1. The minimum absolute atomic E-state index is 0.0638. The van der Waals surface area contributed by atoms with Crippen LogP contribution in [0.3, 0.4) is 0 Å². The van der Waals surface area contributed by atoms with Crippen LogP contribution in [0.5, 0.6) is 0 Å². The maximum Gasteiger partial charge on any atom is 0.310 e. The van der Waals surface area contributed by atoms with Gasteiger partial charge in [0.05, 0.1) is 12.5 Å². The number of aromatic nitrogens is 1. The van der Waals surface area contributed by atoms with Gasteiger partial charge in [0.2, 0.25) is 0 Å². The van der Waals surface area contributed by atoms with E-state index in [4.69, 9.17) is 4.74 Å². The van der Waals surface area contributed by atoms with Gasteiger partial charge in [0, 0.05) is 23.7 Å². The molecule has 1 aliphatic heterocycles. The van der Waals surface area contributed by atoms with Crippen LogP contribution >= 0.6 is 0 Å². The molecule has 1 aromatic heterocycles. The molecule has 0 saturated carbocycles. The van der Waals surface area contributed by atoms with Gasteiger partial charge in [-0.3, -0.25) is 9.59 Å². The van der Waals surface area contributed by atoms with Gasteiger partial charge in [-0.15, -0.1) is 0 Å². The van der Waals surface area contributed by atoms with Crippen LogP contribution < -0.4 is 10.9 Å². The lowest BCUT2D eigenvalue weighted by Crippen LogP contribution is -2.45. The van der Waals surface area contributed by atoms with Gasteiger partial charge < -0.3 is 15.0 Å². The van der Waals surface area contributed by atoms with Gasteiger partial charge in [-0.25, -0.2) is 0 Å². The number of pyridine rings is 1. The van der Waals surface area contributed by atoms with E-state index in [-0.39, 0.29) is 23.5 Å². The fraction of sp³-hybridized carbons (Fsp3) is 0.444. The Bertz CT molecular complexity index is 781. The topological polar surface area (TPSA) is 71.2 Å². The van der Waals surface area contributed by atoms with E-state index in [1.54, 1.807) is 0 Å². The van der Waals surface area contributed by atoms with Crippen molar-refractivity contribution in [2.45, 2.75) is 39.3 Å². The molecule has 1 aromatic carbocycles. The summed E-state index contributed by atoms with van der Waals surface area (Å²) in [5, 5.41) is 4.39. The van der Waals surface area contributed by atoms with Crippen molar-refractivity contribution in [3.8, 4) is 0 Å². The maximum absolute atomic E-state index is 12.2. The van der Waals surface area contributed by atoms with Crippen LogP contribution in [-0.4, -0.2) is 23.6 Å². The summed E-state index contributed by atoms with van der Waals surface area (Å²) in [6, 6.07) is 7.95. The fourth-order valence-electron chi connectivity index (χ4n) is 3.20. The number of carbonyl (C=O) groups is 1. The SMILES string of the molecule is CCC1C(=O)OCCC1NCc1cc2cc(C)ccc2[nH]c1=O. The number of cyclic esters (lactones) is 1. The van der Waals surface area contributed by atoms with Gasteiger partial charge in [-0.05, 0) is 43.4 Å². The van der Waals surface area contributed by atoms with E-state index in [0.29, 0.717) is 18.7 Å². The number of fused-ring (bicyclic) bond motifs is 1. The molecule has 0 spiro atoms. The Labute approximate surface area is 135 Å². The highest BCUT2D eigenvalue weighted by Gasteiger charge is 2.31. The van der Waals surface area contributed by atoms with Crippen molar-refractivity contribution in [1.82, 2.24) is 10.3 Å². The molecular weight excluding hydrogens is 292 g/mol. The molecule has 2 unspecified atom stereocenters. The molecule has 5 nitrogen and oxygen atoms in total. The second kappa shape index (κ2) is 6.54. The van der Waals surface area contributed by atoms with E-state index in [9.17, 15) is 9.59 Å². The highest BCUT2D eigenvalue weighted by Crippen LogP contribution is 2.20. The first-order valence-electron chi connectivity index (χ1n) is 8.11. The molecule has 122 valence electrons. The number of benzene rings is 1. The third-order valence-corrected chi connectivity index (χ3v) is 4.53. The molecule has 1 aliphatic rings. The average molecular weight is 314 g/mol. The van der Waals surface area contributed by atoms with Gasteiger partial charge in [-0.1, -0.05) is 18.6 Å². The zero-order chi connectivity index (χ0) is 16.4. The fourth-order valence-corrected chi connectivity index (χ4v) is 3.20. The average Bonchev–Trinajstić information content (AvgIpc) is 2.53. The lowest BCUT2D eigenvalue weighted by molar-refractivity contribution is -0.154. The number of hydrogen-bond acceptors (Lipinski definition) is 4. The van der Waals surface area contributed by atoms with Crippen molar-refractivity contribution in [3.63, 3.8) is 0 Å². The van der Waals surface area contributed by atoms with Crippen LogP contribution in [0.4, 0.5) is 0 Å². The minimum Gasteiger partial charge on any atom is -0.465 e. The van der Waals surface area contributed by atoms with E-state index in [2.05, 4.69) is 16.4 Å². The Morgan fingerprint density at radius 3 is 2.91 bits per heavy atom. The van der Waals surface area contributed by atoms with Crippen molar-refractivity contribution >= 4 is 16.9 Å². The Kier molecular flexibility index (Phi) is 4.48. The number of carbonyl (C=O) groups excluding carboxylic acids is 1. The van der Waals surface area contributed by atoms with Crippen LogP contribution in [-0.2, 0) is 16.1 Å². The second-order valence-corrected chi connectivity index (χ2v) is 6.17. The molecule has 23 heavy (non-hydrogen) atoms. The van der Waals surface area contributed by atoms with Crippen LogP contribution in [0.1, 0.15) is 30.9 Å². The van der Waals surface area contributed by atoms with Crippen molar-refractivity contribution in [2.75, 3.05) is 6.61 Å². The number of rotatable bonds is 4. The maximum atomic E-state index is 12.2. The largest absolute Gasteiger partial charge is 0.465 e. The third-order valence-electron chi connectivity index (χ3n) is 4.53. The van der Waals surface area contributed by atoms with Gasteiger partial charge in [0.1, 0.15) is 0 Å². The van der Waals surface area contributed by atoms with E-state index in [1.807, 2.05) is 32.0 Å². The predicted molar refractivity (Wildman–Crippen MR) is 89.3 cm³/mol. The first kappa shape index (κ1) is 15.7. The van der Waals surface area contributed by atoms with Crippen molar-refractivity contribution in [2.24, 2.45) is 5.92 Å². The Morgan fingerprint density at radius 2 is 2.13 bits per heavy atom. The second-order valence-electron chi connectivity index (χ2n) is 6.17. The van der Waals surface area contributed by atoms with E-state index < -0.39 is 0 Å². The quantitative estimate of drug-likeness (QED) is 0.849. The summed E-state index contributed by atoms with van der Waals surface area (Å²) in [5.74, 6) is -0.273. The normalized spacial score (nSPS) is 21.4. The molecule has 1 saturated heterocycles. The van der Waals surface area contributed by atoms with Crippen LogP contribution in [0, 0.1) is 12.8 Å². The number of esters is 1. The summed E-state index contributed by atoms with van der Waals surface area (Å²) in [5.41, 5.74) is 2.61. The summed E-state index contributed by atoms with van der Waals surface area (Å²) in [7, 11) is 0. The van der Waals surface area contributed by atoms with Crippen molar-refractivity contribution in [3.05, 3.63) is 45.7 Å². The van der Waals surface area contributed by atoms with Crippen molar-refractivity contribution < 1.29 is 9.53 Å². The van der Waals surface area contributed by atoms with Gasteiger partial charge in [-0.2, -0.15) is 0 Å². The summed E-state index contributed by atoms with van der Waals surface area (Å²) in [6.45, 7) is 4.91. The molecule has 0 aliphatic carbocycles. The highest BCUT2D eigenvalue weighted by molar-refractivity contribution is 5.79. The van der Waals surface area contributed by atoms with E-state index in [1.165, 1.54) is 0 Å². The lowest BCUT2D eigenvalue weighted by Gasteiger charge is -2.30. The first-order chi connectivity index (χ1) is 11.1. The Hall–Kier alpha value is -2.14. The smallest absolute Gasteiger partial charge is 0.310 e. The summed E-state index contributed by atoms with van der Waals surface area (Å²) < 4.78 is 5.11. The molecule has 5 heteroatoms. The Balaban J connectivity index is 1.79. The number of aromatic amines is 1. The molecule has 0 amide bonds. The lowest BCUT2D eigenvalue weighted by atomic mass is 9.92. The van der Waals surface area contributed by atoms with Crippen molar-refractivity contribution in [1.29, 1.82) is 0 Å². The molecule has 2 N–H and O–H groups in total. The predicted octanol–water partition coefficient (Wildman–Crippen LogP) is 2.27.